The van der Waals surface area contributed by atoms with Crippen LogP contribution in [-0.2, 0) is 12.8 Å². The van der Waals surface area contributed by atoms with Crippen LogP contribution in [0.1, 0.15) is 30.9 Å². The third kappa shape index (κ3) is 5.99. The lowest BCUT2D eigenvalue weighted by Crippen LogP contribution is -2.30. The van der Waals surface area contributed by atoms with E-state index in [0.29, 0.717) is 24.5 Å². The number of hydrogen-bond acceptors (Lipinski definition) is 3. The number of carbonyl (C=O) groups excluding carboxylic acids is 1. The molecule has 2 N–H and O–H groups in total. The van der Waals surface area contributed by atoms with Gasteiger partial charge < -0.3 is 20.1 Å². The molecule has 0 saturated carbocycles. The van der Waals surface area contributed by atoms with Crippen molar-refractivity contribution in [3.8, 4) is 11.5 Å². The van der Waals surface area contributed by atoms with Crippen molar-refractivity contribution in [3.63, 3.8) is 0 Å². The van der Waals surface area contributed by atoms with Gasteiger partial charge in [0, 0.05) is 12.2 Å². The van der Waals surface area contributed by atoms with Gasteiger partial charge >= 0.3 is 6.03 Å². The number of benzene rings is 2. The van der Waals surface area contributed by atoms with Gasteiger partial charge in [0.15, 0.2) is 11.5 Å². The summed E-state index contributed by atoms with van der Waals surface area (Å²) in [6.45, 7) is 2.72. The Labute approximate surface area is 155 Å². The highest BCUT2D eigenvalue weighted by Gasteiger charge is 2.06. The lowest BCUT2D eigenvalue weighted by atomic mass is 10.1. The SMILES string of the molecule is CCCCc1ccc(NC(=O)NCCc2ccc(OC)c(OC)c2)cc1. The van der Waals surface area contributed by atoms with Crippen molar-refractivity contribution >= 4 is 11.7 Å². The average Bonchev–Trinajstić information content (AvgIpc) is 2.67. The third-order valence-corrected chi connectivity index (χ3v) is 4.18. The molecule has 2 aromatic rings. The molecule has 26 heavy (non-hydrogen) atoms. The Morgan fingerprint density at radius 1 is 0.923 bits per heavy atom. The fourth-order valence-electron chi connectivity index (χ4n) is 2.67. The van der Waals surface area contributed by atoms with Crippen molar-refractivity contribution in [1.29, 1.82) is 0 Å². The molecule has 140 valence electrons. The van der Waals surface area contributed by atoms with Crippen molar-refractivity contribution in [2.24, 2.45) is 0 Å². The fourth-order valence-corrected chi connectivity index (χ4v) is 2.67. The zero-order valence-electron chi connectivity index (χ0n) is 15.8. The highest BCUT2D eigenvalue weighted by Crippen LogP contribution is 2.27. The van der Waals surface area contributed by atoms with Crippen LogP contribution >= 0.6 is 0 Å². The first-order chi connectivity index (χ1) is 12.7. The summed E-state index contributed by atoms with van der Waals surface area (Å²) in [5.41, 5.74) is 3.17. The Morgan fingerprint density at radius 3 is 2.27 bits per heavy atom. The fraction of sp³-hybridized carbons (Fsp3) is 0.381. The summed E-state index contributed by atoms with van der Waals surface area (Å²) in [5.74, 6) is 1.39. The molecule has 2 aromatic carbocycles. The number of unbranched alkanes of at least 4 members (excludes halogenated alkanes) is 1. The summed E-state index contributed by atoms with van der Waals surface area (Å²) in [5, 5.41) is 5.73. The van der Waals surface area contributed by atoms with Crippen molar-refractivity contribution in [2.45, 2.75) is 32.6 Å². The molecule has 0 aliphatic rings. The molecule has 2 rings (SSSR count). The molecule has 0 unspecified atom stereocenters. The van der Waals surface area contributed by atoms with Crippen LogP contribution in [0.25, 0.3) is 0 Å². The minimum absolute atomic E-state index is 0.202. The van der Waals surface area contributed by atoms with Crippen molar-refractivity contribution in [1.82, 2.24) is 5.32 Å². The summed E-state index contributed by atoms with van der Waals surface area (Å²) in [7, 11) is 3.22. The number of anilines is 1. The first-order valence-corrected chi connectivity index (χ1v) is 9.01. The van der Waals surface area contributed by atoms with Gasteiger partial charge in [0.05, 0.1) is 14.2 Å². The van der Waals surface area contributed by atoms with Gasteiger partial charge in [-0.25, -0.2) is 4.79 Å². The van der Waals surface area contributed by atoms with Crippen LogP contribution in [0.4, 0.5) is 10.5 Å². The van der Waals surface area contributed by atoms with Crippen LogP contribution in [0.5, 0.6) is 11.5 Å². The predicted octanol–water partition coefficient (Wildman–Crippen LogP) is 4.41. The molecule has 0 atom stereocenters. The Hall–Kier alpha value is -2.69. The number of ether oxygens (including phenoxy) is 2. The van der Waals surface area contributed by atoms with Crippen LogP contribution in [0.2, 0.25) is 0 Å². The second-order valence-electron chi connectivity index (χ2n) is 6.12. The number of amides is 2. The van der Waals surface area contributed by atoms with E-state index in [-0.39, 0.29) is 6.03 Å². The minimum Gasteiger partial charge on any atom is -0.493 e. The van der Waals surface area contributed by atoms with E-state index in [1.54, 1.807) is 14.2 Å². The van der Waals surface area contributed by atoms with Crippen molar-refractivity contribution in [2.75, 3.05) is 26.1 Å². The average molecular weight is 356 g/mol. The molecular weight excluding hydrogens is 328 g/mol. The largest absolute Gasteiger partial charge is 0.493 e. The summed E-state index contributed by atoms with van der Waals surface area (Å²) in [6.07, 6.45) is 4.16. The Balaban J connectivity index is 1.78. The molecule has 0 aliphatic heterocycles. The lowest BCUT2D eigenvalue weighted by molar-refractivity contribution is 0.252. The van der Waals surface area contributed by atoms with Gasteiger partial charge in [-0.15, -0.1) is 0 Å². The normalized spacial score (nSPS) is 10.3. The van der Waals surface area contributed by atoms with Crippen LogP contribution in [0.15, 0.2) is 42.5 Å². The standard InChI is InChI=1S/C21H28N2O3/c1-4-5-6-16-7-10-18(11-8-16)23-21(24)22-14-13-17-9-12-19(25-2)20(15-17)26-3/h7-12,15H,4-6,13-14H2,1-3H3,(H2,22,23,24). The van der Waals surface area contributed by atoms with Crippen LogP contribution in [0.3, 0.4) is 0 Å². The lowest BCUT2D eigenvalue weighted by Gasteiger charge is -2.11. The molecule has 0 saturated heterocycles. The van der Waals surface area contributed by atoms with Gasteiger partial charge in [-0.1, -0.05) is 31.5 Å². The molecule has 0 bridgehead atoms. The van der Waals surface area contributed by atoms with Crippen molar-refractivity contribution in [3.05, 3.63) is 53.6 Å². The predicted molar refractivity (Wildman–Crippen MR) is 105 cm³/mol. The monoisotopic (exact) mass is 356 g/mol. The highest BCUT2D eigenvalue weighted by atomic mass is 16.5. The number of rotatable bonds is 9. The number of nitrogens with one attached hydrogen (secondary N) is 2. The van der Waals surface area contributed by atoms with Gasteiger partial charge in [-0.2, -0.15) is 0 Å². The molecule has 2 amide bonds. The summed E-state index contributed by atoms with van der Waals surface area (Å²) >= 11 is 0. The highest BCUT2D eigenvalue weighted by molar-refractivity contribution is 5.89. The number of urea groups is 1. The number of aryl methyl sites for hydroxylation is 1. The second kappa shape index (κ2) is 10.3. The Morgan fingerprint density at radius 2 is 1.62 bits per heavy atom. The molecule has 0 aliphatic carbocycles. The molecule has 0 aromatic heterocycles. The smallest absolute Gasteiger partial charge is 0.319 e. The maximum Gasteiger partial charge on any atom is 0.319 e. The van der Waals surface area contributed by atoms with Crippen LogP contribution in [0, 0.1) is 0 Å². The van der Waals surface area contributed by atoms with E-state index in [4.69, 9.17) is 9.47 Å². The van der Waals surface area contributed by atoms with E-state index in [0.717, 1.165) is 17.7 Å². The first-order valence-electron chi connectivity index (χ1n) is 9.01. The van der Waals surface area contributed by atoms with Crippen LogP contribution in [-0.4, -0.2) is 26.8 Å². The van der Waals surface area contributed by atoms with E-state index >= 15 is 0 Å². The molecular formula is C21H28N2O3. The van der Waals surface area contributed by atoms with Crippen molar-refractivity contribution < 1.29 is 14.3 Å². The number of methoxy groups -OCH3 is 2. The zero-order valence-corrected chi connectivity index (χ0v) is 15.8. The summed E-state index contributed by atoms with van der Waals surface area (Å²) in [6, 6.07) is 13.6. The molecule has 0 fully saturated rings. The molecule has 0 radical (unpaired) electrons. The molecule has 5 nitrogen and oxygen atoms in total. The minimum atomic E-state index is -0.202. The summed E-state index contributed by atoms with van der Waals surface area (Å²) in [4.78, 5) is 12.0. The second-order valence-corrected chi connectivity index (χ2v) is 6.12. The summed E-state index contributed by atoms with van der Waals surface area (Å²) < 4.78 is 10.5. The maximum atomic E-state index is 12.0. The number of hydrogen-bond donors (Lipinski definition) is 2. The topological polar surface area (TPSA) is 59.6 Å². The van der Waals surface area contributed by atoms with E-state index < -0.39 is 0 Å². The molecule has 0 heterocycles. The van der Waals surface area contributed by atoms with Gasteiger partial charge in [-0.05, 0) is 54.7 Å². The Bertz CT molecular complexity index is 699. The van der Waals surface area contributed by atoms with Gasteiger partial charge in [0.25, 0.3) is 0 Å². The van der Waals surface area contributed by atoms with E-state index in [1.165, 1.54) is 18.4 Å². The Kier molecular flexibility index (Phi) is 7.80. The molecule has 5 heteroatoms. The van der Waals surface area contributed by atoms with Gasteiger partial charge in [0.1, 0.15) is 0 Å². The quantitative estimate of drug-likeness (QED) is 0.700. The van der Waals surface area contributed by atoms with Gasteiger partial charge in [0.2, 0.25) is 0 Å². The van der Waals surface area contributed by atoms with Gasteiger partial charge in [-0.3, -0.25) is 0 Å². The zero-order chi connectivity index (χ0) is 18.8. The third-order valence-electron chi connectivity index (χ3n) is 4.18. The van der Waals surface area contributed by atoms with E-state index in [1.807, 2.05) is 30.3 Å². The van der Waals surface area contributed by atoms with E-state index in [2.05, 4.69) is 29.7 Å². The number of carbonyl (C=O) groups is 1. The first kappa shape index (κ1) is 19.6. The van der Waals surface area contributed by atoms with Crippen LogP contribution < -0.4 is 20.1 Å². The molecule has 0 spiro atoms. The van der Waals surface area contributed by atoms with E-state index in [9.17, 15) is 4.79 Å². The maximum absolute atomic E-state index is 12.0.